The highest BCUT2D eigenvalue weighted by Crippen LogP contribution is 2.44. The van der Waals surface area contributed by atoms with E-state index < -0.39 is 0 Å². The molecule has 0 amide bonds. The molecule has 1 saturated heterocycles. The maximum atomic E-state index is 12.7. The lowest BCUT2D eigenvalue weighted by Crippen LogP contribution is -2.33. The fourth-order valence-electron chi connectivity index (χ4n) is 2.92. The van der Waals surface area contributed by atoms with Crippen LogP contribution in [0.15, 0.2) is 0 Å². The first-order valence-corrected chi connectivity index (χ1v) is 5.14. The van der Waals surface area contributed by atoms with Gasteiger partial charge < -0.3 is 5.32 Å². The summed E-state index contributed by atoms with van der Waals surface area (Å²) in [5.74, 6) is 0.317. The minimum atomic E-state index is -0.118. The van der Waals surface area contributed by atoms with Crippen LogP contribution < -0.4 is 5.32 Å². The van der Waals surface area contributed by atoms with E-state index in [0.717, 1.165) is 13.1 Å². The lowest BCUT2D eigenvalue weighted by atomic mass is 9.68. The fourth-order valence-corrected chi connectivity index (χ4v) is 2.92. The average molecular weight is 171 g/mol. The van der Waals surface area contributed by atoms with Crippen molar-refractivity contribution < 1.29 is 4.39 Å². The van der Waals surface area contributed by atoms with Crippen molar-refractivity contribution in [2.45, 2.75) is 32.1 Å². The van der Waals surface area contributed by atoms with Crippen LogP contribution >= 0.6 is 0 Å². The van der Waals surface area contributed by atoms with Gasteiger partial charge in [0.15, 0.2) is 0 Å². The maximum Gasteiger partial charge on any atom is 0.0940 e. The summed E-state index contributed by atoms with van der Waals surface area (Å²) >= 11 is 0. The number of rotatable bonds is 1. The molecule has 1 nitrogen and oxygen atoms in total. The Morgan fingerprint density at radius 3 is 2.67 bits per heavy atom. The van der Waals surface area contributed by atoms with Crippen molar-refractivity contribution in [3.8, 4) is 0 Å². The third-order valence-corrected chi connectivity index (χ3v) is 3.77. The number of hydrogen-bond acceptors (Lipinski definition) is 1. The van der Waals surface area contributed by atoms with E-state index in [2.05, 4.69) is 5.32 Å². The highest BCUT2D eigenvalue weighted by Gasteiger charge is 2.42. The first kappa shape index (κ1) is 8.49. The molecule has 0 radical (unpaired) electrons. The van der Waals surface area contributed by atoms with Crippen LogP contribution in [0, 0.1) is 11.3 Å². The second-order valence-corrected chi connectivity index (χ2v) is 4.41. The molecule has 0 aromatic rings. The van der Waals surface area contributed by atoms with Gasteiger partial charge in [0.1, 0.15) is 0 Å². The summed E-state index contributed by atoms with van der Waals surface area (Å²) in [5.41, 5.74) is 0.354. The Kier molecular flexibility index (Phi) is 2.35. The highest BCUT2D eigenvalue weighted by atomic mass is 19.1. The first-order chi connectivity index (χ1) is 5.87. The quantitative estimate of drug-likeness (QED) is 0.637. The molecule has 12 heavy (non-hydrogen) atoms. The van der Waals surface area contributed by atoms with Gasteiger partial charge in [-0.25, -0.2) is 0 Å². The molecule has 1 N–H and O–H groups in total. The minimum Gasteiger partial charge on any atom is -0.316 e. The zero-order valence-electron chi connectivity index (χ0n) is 7.61. The smallest absolute Gasteiger partial charge is 0.0940 e. The molecule has 1 saturated carbocycles. The number of alkyl halides is 1. The Balaban J connectivity index is 2.05. The van der Waals surface area contributed by atoms with Gasteiger partial charge >= 0.3 is 0 Å². The zero-order valence-corrected chi connectivity index (χ0v) is 7.61. The SMILES string of the molecule is FCC1CNCC12CCCCC2. The van der Waals surface area contributed by atoms with Crippen LogP contribution in [0.1, 0.15) is 32.1 Å². The van der Waals surface area contributed by atoms with Gasteiger partial charge in [-0.3, -0.25) is 4.39 Å². The van der Waals surface area contributed by atoms with Gasteiger partial charge in [-0.1, -0.05) is 19.3 Å². The van der Waals surface area contributed by atoms with Crippen LogP contribution in [0.2, 0.25) is 0 Å². The molecule has 2 rings (SSSR count). The third-order valence-electron chi connectivity index (χ3n) is 3.77. The maximum absolute atomic E-state index is 12.7. The van der Waals surface area contributed by atoms with E-state index in [1.54, 1.807) is 0 Å². The molecule has 1 unspecified atom stereocenters. The lowest BCUT2D eigenvalue weighted by molar-refractivity contribution is 0.126. The normalized spacial score (nSPS) is 34.2. The Morgan fingerprint density at radius 2 is 2.00 bits per heavy atom. The molecule has 1 spiro atoms. The van der Waals surface area contributed by atoms with Crippen molar-refractivity contribution in [3.63, 3.8) is 0 Å². The van der Waals surface area contributed by atoms with Crippen molar-refractivity contribution in [2.75, 3.05) is 19.8 Å². The summed E-state index contributed by atoms with van der Waals surface area (Å²) in [7, 11) is 0. The van der Waals surface area contributed by atoms with Crippen LogP contribution in [0.5, 0.6) is 0 Å². The van der Waals surface area contributed by atoms with Crippen LogP contribution in [-0.4, -0.2) is 19.8 Å². The molecular weight excluding hydrogens is 153 g/mol. The Morgan fingerprint density at radius 1 is 1.25 bits per heavy atom. The predicted molar refractivity (Wildman–Crippen MR) is 47.9 cm³/mol. The van der Waals surface area contributed by atoms with E-state index in [1.165, 1.54) is 32.1 Å². The van der Waals surface area contributed by atoms with Gasteiger partial charge in [0.25, 0.3) is 0 Å². The number of hydrogen-bond donors (Lipinski definition) is 1. The van der Waals surface area contributed by atoms with Gasteiger partial charge in [0, 0.05) is 19.0 Å². The monoisotopic (exact) mass is 171 g/mol. The van der Waals surface area contributed by atoms with E-state index in [0.29, 0.717) is 11.3 Å². The van der Waals surface area contributed by atoms with Gasteiger partial charge in [-0.05, 0) is 18.3 Å². The molecule has 1 heterocycles. The van der Waals surface area contributed by atoms with E-state index in [1.807, 2.05) is 0 Å². The van der Waals surface area contributed by atoms with Crippen LogP contribution in [0.25, 0.3) is 0 Å². The topological polar surface area (TPSA) is 12.0 Å². The third kappa shape index (κ3) is 1.26. The van der Waals surface area contributed by atoms with Crippen LogP contribution in [0.3, 0.4) is 0 Å². The second kappa shape index (κ2) is 3.33. The first-order valence-electron chi connectivity index (χ1n) is 5.14. The molecule has 2 fully saturated rings. The van der Waals surface area contributed by atoms with Crippen LogP contribution in [0.4, 0.5) is 4.39 Å². The zero-order chi connectivity index (χ0) is 8.44. The molecular formula is C10H18FN. The van der Waals surface area contributed by atoms with Crippen molar-refractivity contribution in [2.24, 2.45) is 11.3 Å². The molecule has 1 aliphatic heterocycles. The number of nitrogens with one attached hydrogen (secondary N) is 1. The van der Waals surface area contributed by atoms with Gasteiger partial charge in [-0.2, -0.15) is 0 Å². The Labute approximate surface area is 73.7 Å². The molecule has 0 bridgehead atoms. The molecule has 1 atom stereocenters. The molecule has 70 valence electrons. The summed E-state index contributed by atoms with van der Waals surface area (Å²) in [6.45, 7) is 1.87. The molecule has 1 aliphatic carbocycles. The van der Waals surface area contributed by atoms with Crippen molar-refractivity contribution in [1.29, 1.82) is 0 Å². The molecule has 0 aromatic carbocycles. The highest BCUT2D eigenvalue weighted by molar-refractivity contribution is 4.96. The summed E-state index contributed by atoms with van der Waals surface area (Å²) in [6, 6.07) is 0. The van der Waals surface area contributed by atoms with Gasteiger partial charge in [0.2, 0.25) is 0 Å². The van der Waals surface area contributed by atoms with Gasteiger partial charge in [-0.15, -0.1) is 0 Å². The Hall–Kier alpha value is -0.110. The van der Waals surface area contributed by atoms with E-state index in [-0.39, 0.29) is 6.67 Å². The molecule has 2 heteroatoms. The van der Waals surface area contributed by atoms with Crippen molar-refractivity contribution >= 4 is 0 Å². The van der Waals surface area contributed by atoms with Crippen LogP contribution in [-0.2, 0) is 0 Å². The standard InChI is InChI=1S/C10H18FN/c11-6-9-7-12-8-10(9)4-2-1-3-5-10/h9,12H,1-8H2. The summed E-state index contributed by atoms with van der Waals surface area (Å²) in [5, 5.41) is 3.34. The van der Waals surface area contributed by atoms with E-state index in [9.17, 15) is 4.39 Å². The van der Waals surface area contributed by atoms with E-state index >= 15 is 0 Å². The van der Waals surface area contributed by atoms with Crippen molar-refractivity contribution in [3.05, 3.63) is 0 Å². The minimum absolute atomic E-state index is 0.118. The van der Waals surface area contributed by atoms with Crippen molar-refractivity contribution in [1.82, 2.24) is 5.32 Å². The molecule has 0 aromatic heterocycles. The predicted octanol–water partition coefficient (Wildman–Crippen LogP) is 2.13. The summed E-state index contributed by atoms with van der Waals surface area (Å²) in [6.07, 6.45) is 6.51. The fraction of sp³-hybridized carbons (Fsp3) is 1.00. The summed E-state index contributed by atoms with van der Waals surface area (Å²) in [4.78, 5) is 0. The average Bonchev–Trinajstić information content (AvgIpc) is 2.49. The van der Waals surface area contributed by atoms with E-state index in [4.69, 9.17) is 0 Å². The Bertz CT molecular complexity index is 152. The lowest BCUT2D eigenvalue weighted by Gasteiger charge is -2.37. The summed E-state index contributed by atoms with van der Waals surface area (Å²) < 4.78 is 12.7. The van der Waals surface area contributed by atoms with Gasteiger partial charge in [0.05, 0.1) is 6.67 Å². The number of halogens is 1. The molecule has 2 aliphatic rings. The largest absolute Gasteiger partial charge is 0.316 e. The second-order valence-electron chi connectivity index (χ2n) is 4.41.